The molecule has 0 aliphatic heterocycles. The van der Waals surface area contributed by atoms with Gasteiger partial charge in [0, 0.05) is 11.5 Å². The summed E-state index contributed by atoms with van der Waals surface area (Å²) < 4.78 is 0. The van der Waals surface area contributed by atoms with Crippen LogP contribution in [0.2, 0.25) is 0 Å². The van der Waals surface area contributed by atoms with E-state index in [9.17, 15) is 9.59 Å². The molecule has 1 heterocycles. The molecular formula is C7H7BrN2O2. The second-order valence-corrected chi connectivity index (χ2v) is 2.73. The van der Waals surface area contributed by atoms with Crippen LogP contribution in [0.1, 0.15) is 5.56 Å². The highest BCUT2D eigenvalue weighted by atomic mass is 79.9. The lowest BCUT2D eigenvalue weighted by Gasteiger charge is -1.88. The van der Waals surface area contributed by atoms with Crippen molar-refractivity contribution in [2.24, 2.45) is 0 Å². The molecular weight excluding hydrogens is 224 g/mol. The average molecular weight is 231 g/mol. The van der Waals surface area contributed by atoms with Crippen molar-refractivity contribution in [2.45, 2.75) is 0 Å². The predicted molar refractivity (Wildman–Crippen MR) is 50.5 cm³/mol. The van der Waals surface area contributed by atoms with Gasteiger partial charge in [-0.15, -0.1) is 0 Å². The smallest absolute Gasteiger partial charge is 0.314 e. The van der Waals surface area contributed by atoms with E-state index in [4.69, 9.17) is 0 Å². The molecule has 1 aromatic heterocycles. The van der Waals surface area contributed by atoms with Crippen LogP contribution in [0.4, 0.5) is 0 Å². The van der Waals surface area contributed by atoms with Crippen molar-refractivity contribution >= 4 is 22.0 Å². The largest absolute Gasteiger partial charge is 0.325 e. The molecule has 0 radical (unpaired) electrons. The summed E-state index contributed by atoms with van der Waals surface area (Å²) in [6, 6.07) is 0. The van der Waals surface area contributed by atoms with E-state index in [2.05, 4.69) is 25.9 Å². The summed E-state index contributed by atoms with van der Waals surface area (Å²) in [6.07, 6.45) is 4.77. The number of hydrogen-bond donors (Lipinski definition) is 2. The van der Waals surface area contributed by atoms with Crippen molar-refractivity contribution in [1.29, 1.82) is 0 Å². The Kier molecular flexibility index (Phi) is 3.04. The van der Waals surface area contributed by atoms with Crippen LogP contribution >= 0.6 is 15.9 Å². The van der Waals surface area contributed by atoms with Crippen molar-refractivity contribution in [3.05, 3.63) is 38.7 Å². The molecule has 0 bridgehead atoms. The molecule has 2 N–H and O–H groups in total. The zero-order valence-corrected chi connectivity index (χ0v) is 7.72. The monoisotopic (exact) mass is 230 g/mol. The van der Waals surface area contributed by atoms with E-state index < -0.39 is 5.69 Å². The molecule has 0 aliphatic rings. The van der Waals surface area contributed by atoms with Crippen LogP contribution < -0.4 is 11.2 Å². The van der Waals surface area contributed by atoms with Crippen molar-refractivity contribution in [2.75, 3.05) is 5.33 Å². The lowest BCUT2D eigenvalue weighted by Crippen LogP contribution is -2.22. The molecule has 12 heavy (non-hydrogen) atoms. The molecule has 0 saturated heterocycles. The first-order valence-corrected chi connectivity index (χ1v) is 4.40. The molecule has 0 aliphatic carbocycles. The van der Waals surface area contributed by atoms with E-state index in [0.717, 1.165) is 0 Å². The Morgan fingerprint density at radius 2 is 2.25 bits per heavy atom. The van der Waals surface area contributed by atoms with Gasteiger partial charge in [0.15, 0.2) is 0 Å². The van der Waals surface area contributed by atoms with Gasteiger partial charge in [-0.1, -0.05) is 28.1 Å². The topological polar surface area (TPSA) is 65.7 Å². The number of H-pyrrole nitrogens is 2. The van der Waals surface area contributed by atoms with E-state index in [1.165, 1.54) is 6.20 Å². The van der Waals surface area contributed by atoms with Gasteiger partial charge in [0.1, 0.15) is 0 Å². The molecule has 0 aromatic carbocycles. The van der Waals surface area contributed by atoms with Crippen LogP contribution in [0.3, 0.4) is 0 Å². The lowest BCUT2D eigenvalue weighted by molar-refractivity contribution is 1.03. The number of aromatic amines is 2. The highest BCUT2D eigenvalue weighted by Gasteiger charge is 1.93. The molecule has 0 spiro atoms. The minimum Gasteiger partial charge on any atom is -0.314 e. The number of allylic oxidation sites excluding steroid dienone is 1. The average Bonchev–Trinajstić information content (AvgIpc) is 2.03. The molecule has 1 rings (SSSR count). The van der Waals surface area contributed by atoms with Crippen molar-refractivity contribution in [1.82, 2.24) is 9.97 Å². The molecule has 5 heteroatoms. The minimum atomic E-state index is -0.490. The van der Waals surface area contributed by atoms with Gasteiger partial charge in [-0.3, -0.25) is 9.78 Å². The quantitative estimate of drug-likeness (QED) is 0.726. The summed E-state index contributed by atoms with van der Waals surface area (Å²) in [5.74, 6) is 0. The first kappa shape index (κ1) is 8.99. The van der Waals surface area contributed by atoms with E-state index >= 15 is 0 Å². The fourth-order valence-electron chi connectivity index (χ4n) is 0.716. The Morgan fingerprint density at radius 3 is 2.83 bits per heavy atom. The Hall–Kier alpha value is -1.10. The Labute approximate surface area is 76.5 Å². The van der Waals surface area contributed by atoms with Gasteiger partial charge >= 0.3 is 5.69 Å². The second-order valence-electron chi connectivity index (χ2n) is 2.08. The molecule has 0 saturated carbocycles. The third kappa shape index (κ3) is 2.20. The lowest BCUT2D eigenvalue weighted by atomic mass is 10.3. The first-order valence-electron chi connectivity index (χ1n) is 3.28. The maximum atomic E-state index is 11.0. The van der Waals surface area contributed by atoms with Crippen LogP contribution in [-0.4, -0.2) is 15.3 Å². The number of alkyl halides is 1. The van der Waals surface area contributed by atoms with Crippen molar-refractivity contribution in [3.63, 3.8) is 0 Å². The van der Waals surface area contributed by atoms with E-state index in [-0.39, 0.29) is 5.56 Å². The van der Waals surface area contributed by atoms with Crippen LogP contribution in [-0.2, 0) is 0 Å². The molecule has 0 amide bonds. The summed E-state index contributed by atoms with van der Waals surface area (Å²) in [5.41, 5.74) is -0.430. The van der Waals surface area contributed by atoms with Gasteiger partial charge in [0.05, 0.1) is 5.56 Å². The maximum Gasteiger partial charge on any atom is 0.325 e. The van der Waals surface area contributed by atoms with E-state index in [1.54, 1.807) is 12.2 Å². The summed E-state index contributed by atoms with van der Waals surface area (Å²) >= 11 is 3.17. The standard InChI is InChI=1S/C7H7BrN2O2/c8-3-1-2-5-4-9-7(12)10-6(5)11/h1-2,4H,3H2,(H2,9,10,11,12). The highest BCUT2D eigenvalue weighted by Crippen LogP contribution is 1.90. The number of rotatable bonds is 2. The molecule has 1 aromatic rings. The number of aromatic nitrogens is 2. The van der Waals surface area contributed by atoms with E-state index in [0.29, 0.717) is 10.9 Å². The van der Waals surface area contributed by atoms with Gasteiger partial charge in [0.25, 0.3) is 5.56 Å². The van der Waals surface area contributed by atoms with Crippen molar-refractivity contribution < 1.29 is 0 Å². The van der Waals surface area contributed by atoms with Crippen LogP contribution in [0.15, 0.2) is 21.9 Å². The Balaban J connectivity index is 3.11. The zero-order chi connectivity index (χ0) is 8.97. The normalized spacial score (nSPS) is 10.8. The predicted octanol–water partition coefficient (Wildman–Crippen LogP) is 0.471. The Bertz CT molecular complexity index is 391. The summed E-state index contributed by atoms with van der Waals surface area (Å²) in [7, 11) is 0. The summed E-state index contributed by atoms with van der Waals surface area (Å²) in [4.78, 5) is 26.1. The molecule has 64 valence electrons. The van der Waals surface area contributed by atoms with Crippen LogP contribution in [0.25, 0.3) is 6.08 Å². The van der Waals surface area contributed by atoms with Gasteiger partial charge < -0.3 is 4.98 Å². The van der Waals surface area contributed by atoms with Crippen molar-refractivity contribution in [3.8, 4) is 0 Å². The fourth-order valence-corrected chi connectivity index (χ4v) is 0.902. The number of nitrogens with one attached hydrogen (secondary N) is 2. The maximum absolute atomic E-state index is 11.0. The minimum absolute atomic E-state index is 0.379. The van der Waals surface area contributed by atoms with Gasteiger partial charge in [-0.2, -0.15) is 0 Å². The van der Waals surface area contributed by atoms with Gasteiger partial charge in [-0.25, -0.2) is 4.79 Å². The SMILES string of the molecule is O=c1[nH]cc(C=CCBr)c(=O)[nH]1. The summed E-state index contributed by atoms with van der Waals surface area (Å²) in [6.45, 7) is 0. The fraction of sp³-hybridized carbons (Fsp3) is 0.143. The molecule has 0 unspecified atom stereocenters. The molecule has 4 nitrogen and oxygen atoms in total. The van der Waals surface area contributed by atoms with Crippen LogP contribution in [0, 0.1) is 0 Å². The number of halogens is 1. The Morgan fingerprint density at radius 1 is 1.50 bits per heavy atom. The zero-order valence-electron chi connectivity index (χ0n) is 6.13. The first-order chi connectivity index (χ1) is 5.74. The second kappa shape index (κ2) is 4.06. The molecule has 0 atom stereocenters. The van der Waals surface area contributed by atoms with Gasteiger partial charge in [-0.05, 0) is 0 Å². The van der Waals surface area contributed by atoms with Gasteiger partial charge in [0.2, 0.25) is 0 Å². The van der Waals surface area contributed by atoms with E-state index in [1.807, 2.05) is 0 Å². The third-order valence-corrected chi connectivity index (χ3v) is 1.61. The molecule has 0 fully saturated rings. The number of hydrogen-bond acceptors (Lipinski definition) is 2. The third-order valence-electron chi connectivity index (χ3n) is 1.23. The van der Waals surface area contributed by atoms with Crippen LogP contribution in [0.5, 0.6) is 0 Å². The highest BCUT2D eigenvalue weighted by molar-refractivity contribution is 9.09. The summed E-state index contributed by atoms with van der Waals surface area (Å²) in [5, 5.41) is 0.672.